The predicted octanol–water partition coefficient (Wildman–Crippen LogP) is 3.94. The number of rotatable bonds is 4. The molecular weight excluding hydrogens is 298 g/mol. The molecule has 4 nitrogen and oxygen atoms in total. The van der Waals surface area contributed by atoms with E-state index in [9.17, 15) is 4.79 Å². The van der Waals surface area contributed by atoms with Crippen molar-refractivity contribution in [2.75, 3.05) is 17.2 Å². The predicted molar refractivity (Wildman–Crippen MR) is 90.3 cm³/mol. The smallest absolute Gasteiger partial charge is 0.243 e. The van der Waals surface area contributed by atoms with E-state index in [0.717, 1.165) is 16.6 Å². The highest BCUT2D eigenvalue weighted by Gasteiger charge is 2.05. The summed E-state index contributed by atoms with van der Waals surface area (Å²) in [6, 6.07) is 16.7. The summed E-state index contributed by atoms with van der Waals surface area (Å²) in [5, 5.41) is 7.60. The summed E-state index contributed by atoms with van der Waals surface area (Å²) in [4.78, 5) is 16.3. The lowest BCUT2D eigenvalue weighted by molar-refractivity contribution is -0.114. The number of nitrogens with zero attached hydrogens (tertiary/aromatic N) is 1. The third-order valence-corrected chi connectivity index (χ3v) is 3.45. The van der Waals surface area contributed by atoms with Crippen molar-refractivity contribution in [1.82, 2.24) is 4.98 Å². The maximum atomic E-state index is 12.0. The van der Waals surface area contributed by atoms with Gasteiger partial charge in [-0.3, -0.25) is 9.78 Å². The number of pyridine rings is 1. The highest BCUT2D eigenvalue weighted by atomic mass is 35.5. The molecule has 0 aliphatic carbocycles. The maximum Gasteiger partial charge on any atom is 0.243 e. The SMILES string of the molecule is O=C(CNc1cccc2cccnc12)Nc1ccc(Cl)cc1. The van der Waals surface area contributed by atoms with E-state index in [1.165, 1.54) is 0 Å². The minimum absolute atomic E-state index is 0.129. The number of hydrogen-bond acceptors (Lipinski definition) is 3. The molecule has 5 heteroatoms. The highest BCUT2D eigenvalue weighted by molar-refractivity contribution is 6.30. The lowest BCUT2D eigenvalue weighted by Gasteiger charge is -2.09. The molecule has 1 amide bonds. The van der Waals surface area contributed by atoms with E-state index < -0.39 is 0 Å². The Bertz CT molecular complexity index is 797. The molecule has 0 saturated heterocycles. The van der Waals surface area contributed by atoms with Crippen LogP contribution in [-0.4, -0.2) is 17.4 Å². The molecule has 0 aliphatic rings. The van der Waals surface area contributed by atoms with E-state index in [1.54, 1.807) is 30.5 Å². The van der Waals surface area contributed by atoms with Gasteiger partial charge in [0.25, 0.3) is 0 Å². The fourth-order valence-corrected chi connectivity index (χ4v) is 2.29. The van der Waals surface area contributed by atoms with Crippen LogP contribution in [0.1, 0.15) is 0 Å². The highest BCUT2D eigenvalue weighted by Crippen LogP contribution is 2.20. The zero-order chi connectivity index (χ0) is 15.4. The van der Waals surface area contributed by atoms with Crippen molar-refractivity contribution >= 4 is 39.8 Å². The number of carbonyl (C=O) groups is 1. The van der Waals surface area contributed by atoms with Gasteiger partial charge in [-0.25, -0.2) is 0 Å². The second-order valence-corrected chi connectivity index (χ2v) is 5.23. The maximum absolute atomic E-state index is 12.0. The molecule has 0 bridgehead atoms. The molecule has 2 N–H and O–H groups in total. The van der Waals surface area contributed by atoms with Crippen LogP contribution in [0, 0.1) is 0 Å². The molecule has 0 fully saturated rings. The second kappa shape index (κ2) is 6.45. The van der Waals surface area contributed by atoms with E-state index in [4.69, 9.17) is 11.6 Å². The monoisotopic (exact) mass is 311 g/mol. The largest absolute Gasteiger partial charge is 0.374 e. The van der Waals surface area contributed by atoms with Crippen molar-refractivity contribution in [3.63, 3.8) is 0 Å². The third kappa shape index (κ3) is 3.35. The Morgan fingerprint density at radius 2 is 1.82 bits per heavy atom. The van der Waals surface area contributed by atoms with Gasteiger partial charge < -0.3 is 10.6 Å². The average Bonchev–Trinajstić information content (AvgIpc) is 2.55. The Labute approximate surface area is 133 Å². The average molecular weight is 312 g/mol. The number of amides is 1. The number of hydrogen-bond donors (Lipinski definition) is 2. The minimum atomic E-state index is -0.129. The summed E-state index contributed by atoms with van der Waals surface area (Å²) >= 11 is 5.81. The van der Waals surface area contributed by atoms with Gasteiger partial charge in [0.1, 0.15) is 0 Å². The van der Waals surface area contributed by atoms with Gasteiger partial charge >= 0.3 is 0 Å². The Hall–Kier alpha value is -2.59. The van der Waals surface area contributed by atoms with Crippen LogP contribution in [0.5, 0.6) is 0 Å². The van der Waals surface area contributed by atoms with Crippen LogP contribution >= 0.6 is 11.6 Å². The van der Waals surface area contributed by atoms with Crippen molar-refractivity contribution in [2.24, 2.45) is 0 Å². The Balaban J connectivity index is 1.66. The van der Waals surface area contributed by atoms with Crippen molar-refractivity contribution in [2.45, 2.75) is 0 Å². The molecule has 3 rings (SSSR count). The molecule has 0 aliphatic heterocycles. The number of aromatic nitrogens is 1. The quantitative estimate of drug-likeness (QED) is 0.767. The summed E-state index contributed by atoms with van der Waals surface area (Å²) in [6.07, 6.45) is 1.74. The number of halogens is 1. The third-order valence-electron chi connectivity index (χ3n) is 3.20. The van der Waals surface area contributed by atoms with Crippen molar-refractivity contribution in [3.8, 4) is 0 Å². The molecule has 0 atom stereocenters. The van der Waals surface area contributed by atoms with Gasteiger partial charge in [-0.05, 0) is 36.4 Å². The Morgan fingerprint density at radius 3 is 2.64 bits per heavy atom. The molecular formula is C17H14ClN3O. The molecule has 22 heavy (non-hydrogen) atoms. The fourth-order valence-electron chi connectivity index (χ4n) is 2.16. The summed E-state index contributed by atoms with van der Waals surface area (Å²) in [5.41, 5.74) is 2.40. The molecule has 0 saturated carbocycles. The van der Waals surface area contributed by atoms with Crippen molar-refractivity contribution in [3.05, 3.63) is 65.8 Å². The first-order chi connectivity index (χ1) is 10.7. The van der Waals surface area contributed by atoms with Gasteiger partial charge in [0.15, 0.2) is 0 Å². The standard InChI is InChI=1S/C17H14ClN3O/c18-13-6-8-14(9-7-13)21-16(22)11-20-15-5-1-3-12-4-2-10-19-17(12)15/h1-10,20H,11H2,(H,21,22). The first-order valence-corrected chi connectivity index (χ1v) is 7.23. The number of anilines is 2. The van der Waals surface area contributed by atoms with Crippen molar-refractivity contribution in [1.29, 1.82) is 0 Å². The summed E-state index contributed by atoms with van der Waals surface area (Å²) in [5.74, 6) is -0.129. The number of nitrogens with one attached hydrogen (secondary N) is 2. The fraction of sp³-hybridized carbons (Fsp3) is 0.0588. The number of benzene rings is 2. The number of para-hydroxylation sites is 1. The topological polar surface area (TPSA) is 54.0 Å². The molecule has 2 aromatic carbocycles. The number of fused-ring (bicyclic) bond motifs is 1. The van der Waals surface area contributed by atoms with Gasteiger partial charge in [-0.2, -0.15) is 0 Å². The molecule has 110 valence electrons. The molecule has 0 unspecified atom stereocenters. The van der Waals surface area contributed by atoms with Crippen LogP contribution in [0.3, 0.4) is 0 Å². The van der Waals surface area contributed by atoms with Gasteiger partial charge in [0, 0.05) is 22.3 Å². The van der Waals surface area contributed by atoms with E-state index in [-0.39, 0.29) is 12.5 Å². The van der Waals surface area contributed by atoms with Crippen LogP contribution in [0.2, 0.25) is 5.02 Å². The van der Waals surface area contributed by atoms with Gasteiger partial charge in [-0.15, -0.1) is 0 Å². The zero-order valence-corrected chi connectivity index (χ0v) is 12.5. The first-order valence-electron chi connectivity index (χ1n) is 6.85. The Kier molecular flexibility index (Phi) is 4.21. The van der Waals surface area contributed by atoms with Crippen LogP contribution in [0.4, 0.5) is 11.4 Å². The zero-order valence-electron chi connectivity index (χ0n) is 11.7. The lowest BCUT2D eigenvalue weighted by Crippen LogP contribution is -2.21. The molecule has 1 heterocycles. The van der Waals surface area contributed by atoms with Crippen LogP contribution in [0.15, 0.2) is 60.8 Å². The molecule has 3 aromatic rings. The molecule has 0 spiro atoms. The van der Waals surface area contributed by atoms with E-state index >= 15 is 0 Å². The van der Waals surface area contributed by atoms with Gasteiger partial charge in [0.05, 0.1) is 17.7 Å². The van der Waals surface area contributed by atoms with Crippen LogP contribution in [0.25, 0.3) is 10.9 Å². The Morgan fingerprint density at radius 1 is 1.05 bits per heavy atom. The summed E-state index contributed by atoms with van der Waals surface area (Å²) in [6.45, 7) is 0.165. The van der Waals surface area contributed by atoms with Crippen LogP contribution < -0.4 is 10.6 Å². The van der Waals surface area contributed by atoms with E-state index in [0.29, 0.717) is 10.7 Å². The van der Waals surface area contributed by atoms with E-state index in [1.807, 2.05) is 30.3 Å². The summed E-state index contributed by atoms with van der Waals surface area (Å²) < 4.78 is 0. The second-order valence-electron chi connectivity index (χ2n) is 4.79. The van der Waals surface area contributed by atoms with Gasteiger partial charge in [-0.1, -0.05) is 29.8 Å². The minimum Gasteiger partial charge on any atom is -0.374 e. The van der Waals surface area contributed by atoms with E-state index in [2.05, 4.69) is 15.6 Å². The first kappa shape index (κ1) is 14.4. The normalized spacial score (nSPS) is 10.4. The molecule has 0 radical (unpaired) electrons. The number of carbonyl (C=O) groups excluding carboxylic acids is 1. The lowest BCUT2D eigenvalue weighted by atomic mass is 10.2. The van der Waals surface area contributed by atoms with Gasteiger partial charge in [0.2, 0.25) is 5.91 Å². The van der Waals surface area contributed by atoms with Crippen molar-refractivity contribution < 1.29 is 4.79 Å². The summed E-state index contributed by atoms with van der Waals surface area (Å²) in [7, 11) is 0. The van der Waals surface area contributed by atoms with Crippen LogP contribution in [-0.2, 0) is 4.79 Å². The molecule has 1 aromatic heterocycles.